The van der Waals surface area contributed by atoms with E-state index in [0.717, 1.165) is 8.95 Å². The van der Waals surface area contributed by atoms with Gasteiger partial charge in [0.1, 0.15) is 12.6 Å². The fourth-order valence-electron chi connectivity index (χ4n) is 1.88. The average Bonchev–Trinajstić information content (AvgIpc) is 2.35. The van der Waals surface area contributed by atoms with Gasteiger partial charge in [-0.05, 0) is 40.5 Å². The van der Waals surface area contributed by atoms with E-state index in [4.69, 9.17) is 0 Å². The molecule has 1 unspecified atom stereocenters. The molecule has 2 amide bonds. The quantitative estimate of drug-likeness (QED) is 0.863. The summed E-state index contributed by atoms with van der Waals surface area (Å²) in [6, 6.07) is 5.12. The van der Waals surface area contributed by atoms with Crippen molar-refractivity contribution in [2.24, 2.45) is 0 Å². The lowest BCUT2D eigenvalue weighted by atomic mass is 10.1. The summed E-state index contributed by atoms with van der Waals surface area (Å²) in [4.78, 5) is 25.4. The summed E-state index contributed by atoms with van der Waals surface area (Å²) in [5, 5.41) is 2.69. The van der Waals surface area contributed by atoms with Crippen LogP contribution in [0.5, 0.6) is 0 Å². The van der Waals surface area contributed by atoms with Crippen molar-refractivity contribution >= 4 is 49.4 Å². The largest absolute Gasteiger partial charge is 0.343 e. The number of carbonyl (C=O) groups excluding carboxylic acids is 2. The van der Waals surface area contributed by atoms with E-state index in [1.807, 2.05) is 25.1 Å². The number of hydrogen-bond donors (Lipinski definition) is 1. The van der Waals surface area contributed by atoms with E-state index in [2.05, 4.69) is 37.2 Å². The van der Waals surface area contributed by atoms with E-state index >= 15 is 0 Å². The number of anilines is 1. The zero-order valence-electron chi connectivity index (χ0n) is 9.74. The number of rotatable bonds is 2. The van der Waals surface area contributed by atoms with Crippen molar-refractivity contribution in [2.75, 3.05) is 11.4 Å². The van der Waals surface area contributed by atoms with Crippen LogP contribution in [0, 0.1) is 0 Å². The predicted molar refractivity (Wildman–Crippen MR) is 76.4 cm³/mol. The fourth-order valence-corrected chi connectivity index (χ4v) is 2.69. The van der Waals surface area contributed by atoms with Crippen LogP contribution in [0.3, 0.4) is 0 Å². The monoisotopic (exact) mass is 374 g/mol. The van der Waals surface area contributed by atoms with Crippen molar-refractivity contribution in [3.63, 3.8) is 0 Å². The Morgan fingerprint density at radius 2 is 2.11 bits per heavy atom. The molecule has 0 aliphatic carbocycles. The molecule has 1 saturated heterocycles. The van der Waals surface area contributed by atoms with Crippen molar-refractivity contribution in [1.82, 2.24) is 5.32 Å². The number of amides is 2. The molecule has 1 aromatic rings. The van der Waals surface area contributed by atoms with Gasteiger partial charge in [-0.1, -0.05) is 22.9 Å². The minimum atomic E-state index is -0.433. The Morgan fingerprint density at radius 3 is 2.78 bits per heavy atom. The van der Waals surface area contributed by atoms with E-state index < -0.39 is 6.04 Å². The number of carbonyl (C=O) groups is 2. The first kappa shape index (κ1) is 13.5. The smallest absolute Gasteiger partial charge is 0.250 e. The molecule has 1 aliphatic heterocycles. The van der Waals surface area contributed by atoms with Gasteiger partial charge >= 0.3 is 0 Å². The van der Waals surface area contributed by atoms with Gasteiger partial charge < -0.3 is 10.2 Å². The second-order valence-electron chi connectivity index (χ2n) is 4.05. The lowest BCUT2D eigenvalue weighted by molar-refractivity contribution is -0.131. The molecule has 1 N–H and O–H groups in total. The Morgan fingerprint density at radius 1 is 1.39 bits per heavy atom. The van der Waals surface area contributed by atoms with Gasteiger partial charge in [-0.25, -0.2) is 0 Å². The van der Waals surface area contributed by atoms with E-state index in [9.17, 15) is 9.59 Å². The van der Waals surface area contributed by atoms with Gasteiger partial charge in [-0.3, -0.25) is 9.59 Å². The maximum Gasteiger partial charge on any atom is 0.250 e. The van der Waals surface area contributed by atoms with Gasteiger partial charge in [0.2, 0.25) is 11.8 Å². The standard InChI is InChI=1S/C12H12Br2N2O2/c1-2-9-12(18)16(6-11(17)15-9)10-5-7(13)3-4-8(10)14/h3-5,9H,2,6H2,1H3,(H,15,17). The summed E-state index contributed by atoms with van der Waals surface area (Å²) in [5.41, 5.74) is 0.711. The van der Waals surface area contributed by atoms with Crippen molar-refractivity contribution in [1.29, 1.82) is 0 Å². The molecule has 0 saturated carbocycles. The van der Waals surface area contributed by atoms with E-state index in [0.29, 0.717) is 12.1 Å². The summed E-state index contributed by atoms with van der Waals surface area (Å²) in [6.45, 7) is 1.94. The molecule has 0 spiro atoms. The van der Waals surface area contributed by atoms with Crippen LogP contribution in [-0.2, 0) is 9.59 Å². The molecule has 0 aromatic heterocycles. The molecule has 18 heavy (non-hydrogen) atoms. The summed E-state index contributed by atoms with van der Waals surface area (Å²) in [5.74, 6) is -0.204. The molecule has 1 heterocycles. The van der Waals surface area contributed by atoms with Gasteiger partial charge in [0.05, 0.1) is 5.69 Å². The lowest BCUT2D eigenvalue weighted by Gasteiger charge is -2.32. The Labute approximate surface area is 122 Å². The second-order valence-corrected chi connectivity index (χ2v) is 5.82. The second kappa shape index (κ2) is 5.40. The SMILES string of the molecule is CCC1NC(=O)CN(c2cc(Br)ccc2Br)C1=O. The van der Waals surface area contributed by atoms with Gasteiger partial charge in [-0.2, -0.15) is 0 Å². The molecule has 1 aromatic carbocycles. The van der Waals surface area contributed by atoms with Crippen molar-refractivity contribution in [2.45, 2.75) is 19.4 Å². The maximum absolute atomic E-state index is 12.2. The Bertz CT molecular complexity index is 505. The van der Waals surface area contributed by atoms with Gasteiger partial charge in [-0.15, -0.1) is 0 Å². The molecule has 1 aliphatic rings. The highest BCUT2D eigenvalue weighted by atomic mass is 79.9. The van der Waals surface area contributed by atoms with Crippen LogP contribution in [0.15, 0.2) is 27.1 Å². The minimum Gasteiger partial charge on any atom is -0.343 e. The molecule has 0 bridgehead atoms. The first-order valence-electron chi connectivity index (χ1n) is 5.58. The highest BCUT2D eigenvalue weighted by molar-refractivity contribution is 9.11. The number of piperazine rings is 1. The minimum absolute atomic E-state index is 0.0599. The van der Waals surface area contributed by atoms with Crippen LogP contribution < -0.4 is 10.2 Å². The summed E-state index contributed by atoms with van der Waals surface area (Å²) in [6.07, 6.45) is 0.590. The first-order chi connectivity index (χ1) is 8.52. The number of nitrogens with one attached hydrogen (secondary N) is 1. The topological polar surface area (TPSA) is 49.4 Å². The van der Waals surface area contributed by atoms with Crippen LogP contribution in [-0.4, -0.2) is 24.4 Å². The zero-order chi connectivity index (χ0) is 13.3. The normalized spacial score (nSPS) is 19.9. The highest BCUT2D eigenvalue weighted by Crippen LogP contribution is 2.30. The molecule has 4 nitrogen and oxygen atoms in total. The van der Waals surface area contributed by atoms with E-state index in [1.54, 1.807) is 0 Å². The molecular formula is C12H12Br2N2O2. The lowest BCUT2D eigenvalue weighted by Crippen LogP contribution is -2.58. The molecule has 0 radical (unpaired) electrons. The highest BCUT2D eigenvalue weighted by Gasteiger charge is 2.33. The molecule has 2 rings (SSSR count). The van der Waals surface area contributed by atoms with Crippen LogP contribution >= 0.6 is 31.9 Å². The average molecular weight is 376 g/mol. The third kappa shape index (κ3) is 2.59. The zero-order valence-corrected chi connectivity index (χ0v) is 12.9. The number of nitrogens with zero attached hydrogens (tertiary/aromatic N) is 1. The van der Waals surface area contributed by atoms with Crippen molar-refractivity contribution in [3.8, 4) is 0 Å². The summed E-state index contributed by atoms with van der Waals surface area (Å²) >= 11 is 6.78. The third-order valence-corrected chi connectivity index (χ3v) is 3.97. The number of benzene rings is 1. The predicted octanol–water partition coefficient (Wildman–Crippen LogP) is 2.45. The Balaban J connectivity index is 2.39. The maximum atomic E-state index is 12.2. The Hall–Kier alpha value is -0.880. The van der Waals surface area contributed by atoms with E-state index in [1.165, 1.54) is 4.90 Å². The molecule has 96 valence electrons. The van der Waals surface area contributed by atoms with Crippen LogP contribution in [0.4, 0.5) is 5.69 Å². The Kier molecular flexibility index (Phi) is 4.07. The van der Waals surface area contributed by atoms with Crippen molar-refractivity contribution in [3.05, 3.63) is 27.1 Å². The number of halogens is 2. The third-order valence-electron chi connectivity index (χ3n) is 2.81. The van der Waals surface area contributed by atoms with Crippen LogP contribution in [0.25, 0.3) is 0 Å². The van der Waals surface area contributed by atoms with Gasteiger partial charge in [0.15, 0.2) is 0 Å². The number of hydrogen-bond acceptors (Lipinski definition) is 2. The van der Waals surface area contributed by atoms with Gasteiger partial charge in [0, 0.05) is 8.95 Å². The molecular weight excluding hydrogens is 364 g/mol. The van der Waals surface area contributed by atoms with Crippen molar-refractivity contribution < 1.29 is 9.59 Å². The first-order valence-corrected chi connectivity index (χ1v) is 7.17. The summed E-state index contributed by atoms with van der Waals surface area (Å²) in [7, 11) is 0. The molecule has 1 atom stereocenters. The molecule has 1 fully saturated rings. The van der Waals surface area contributed by atoms with Crippen LogP contribution in [0.1, 0.15) is 13.3 Å². The van der Waals surface area contributed by atoms with E-state index in [-0.39, 0.29) is 18.4 Å². The fraction of sp³-hybridized carbons (Fsp3) is 0.333. The summed E-state index contributed by atoms with van der Waals surface area (Å²) < 4.78 is 1.66. The molecule has 6 heteroatoms. The van der Waals surface area contributed by atoms with Crippen LogP contribution in [0.2, 0.25) is 0 Å². The van der Waals surface area contributed by atoms with Gasteiger partial charge in [0.25, 0.3) is 0 Å².